The summed E-state index contributed by atoms with van der Waals surface area (Å²) in [5.74, 6) is 0.703. The molecule has 96 valence electrons. The molecule has 0 spiro atoms. The van der Waals surface area contributed by atoms with Gasteiger partial charge in [0, 0.05) is 22.8 Å². The van der Waals surface area contributed by atoms with E-state index in [0.717, 1.165) is 16.5 Å². The number of hydrogen-bond donors (Lipinski definition) is 0. The van der Waals surface area contributed by atoms with E-state index in [9.17, 15) is 0 Å². The number of nitrogens with zero attached hydrogens (tertiary/aromatic N) is 3. The van der Waals surface area contributed by atoms with Crippen molar-refractivity contribution in [2.75, 3.05) is 0 Å². The molecule has 0 aliphatic carbocycles. The van der Waals surface area contributed by atoms with Gasteiger partial charge in [0.2, 0.25) is 0 Å². The SMILES string of the molecule is [2H]C([2H])([2H])n1c2ncccc2c2c1oc1[n+]2Cc2ccccc2-1. The van der Waals surface area contributed by atoms with E-state index < -0.39 is 6.98 Å². The number of aryl methyl sites for hydroxylation is 1. The van der Waals surface area contributed by atoms with Gasteiger partial charge in [0.1, 0.15) is 5.65 Å². The zero-order chi connectivity index (χ0) is 15.8. The highest BCUT2D eigenvalue weighted by molar-refractivity contribution is 6.00. The van der Waals surface area contributed by atoms with Crippen molar-refractivity contribution in [1.29, 1.82) is 0 Å². The van der Waals surface area contributed by atoms with Crippen LogP contribution in [0.2, 0.25) is 0 Å². The van der Waals surface area contributed by atoms with Gasteiger partial charge in [-0.25, -0.2) is 4.98 Å². The van der Waals surface area contributed by atoms with Gasteiger partial charge in [0.05, 0.1) is 10.9 Å². The number of pyridine rings is 1. The van der Waals surface area contributed by atoms with Crippen molar-refractivity contribution in [2.24, 2.45) is 6.98 Å². The van der Waals surface area contributed by atoms with Crippen molar-refractivity contribution in [3.8, 4) is 11.5 Å². The molecule has 4 nitrogen and oxygen atoms in total. The molecule has 4 aromatic rings. The van der Waals surface area contributed by atoms with Crippen molar-refractivity contribution in [3.63, 3.8) is 0 Å². The highest BCUT2D eigenvalue weighted by Crippen LogP contribution is 2.34. The van der Waals surface area contributed by atoms with Gasteiger partial charge in [-0.15, -0.1) is 4.57 Å². The Balaban J connectivity index is 1.96. The largest absolute Gasteiger partial charge is 0.383 e. The Morgan fingerprint density at radius 1 is 1.30 bits per heavy atom. The summed E-state index contributed by atoms with van der Waals surface area (Å²) in [6, 6.07) is 11.7. The quantitative estimate of drug-likeness (QED) is 0.403. The topological polar surface area (TPSA) is 34.8 Å². The number of benzene rings is 1. The molecule has 0 saturated carbocycles. The van der Waals surface area contributed by atoms with Crippen molar-refractivity contribution in [2.45, 2.75) is 6.54 Å². The van der Waals surface area contributed by atoms with E-state index in [-0.39, 0.29) is 0 Å². The fourth-order valence-corrected chi connectivity index (χ4v) is 3.07. The molecule has 1 aromatic carbocycles. The van der Waals surface area contributed by atoms with Crippen LogP contribution < -0.4 is 4.57 Å². The highest BCUT2D eigenvalue weighted by atomic mass is 16.4. The summed E-state index contributed by atoms with van der Waals surface area (Å²) in [5.41, 5.74) is 3.75. The van der Waals surface area contributed by atoms with Crippen LogP contribution in [-0.4, -0.2) is 9.55 Å². The molecule has 0 atom stereocenters. The maximum absolute atomic E-state index is 7.84. The Kier molecular flexibility index (Phi) is 1.29. The molecule has 4 heterocycles. The van der Waals surface area contributed by atoms with Gasteiger partial charge in [0.15, 0.2) is 6.54 Å². The molecule has 1 aliphatic rings. The monoisotopic (exact) mass is 265 g/mol. The molecular formula is C16H12N3O+. The first kappa shape index (κ1) is 7.85. The van der Waals surface area contributed by atoms with Crippen LogP contribution in [0.4, 0.5) is 0 Å². The standard InChI is InChI=1S/C16H12N3O/c1-18-14-12(7-4-8-17-14)13-16(18)20-15-11-6-3-2-5-10(11)9-19(13)15/h2-8H,9H2,1H3/q+1/i1D3. The average molecular weight is 265 g/mol. The van der Waals surface area contributed by atoms with E-state index >= 15 is 0 Å². The minimum atomic E-state index is -2.35. The second-order valence-corrected chi connectivity index (χ2v) is 5.01. The van der Waals surface area contributed by atoms with Crippen molar-refractivity contribution in [3.05, 3.63) is 48.2 Å². The molecule has 0 N–H and O–H groups in total. The number of aromatic nitrogens is 3. The molecule has 0 bridgehead atoms. The van der Waals surface area contributed by atoms with Crippen LogP contribution in [0.15, 0.2) is 47.0 Å². The predicted molar refractivity (Wildman–Crippen MR) is 75.2 cm³/mol. The maximum Gasteiger partial charge on any atom is 0.383 e. The number of rotatable bonds is 0. The van der Waals surface area contributed by atoms with Crippen molar-refractivity contribution >= 4 is 22.3 Å². The van der Waals surface area contributed by atoms with Crippen molar-refractivity contribution in [1.82, 2.24) is 9.55 Å². The van der Waals surface area contributed by atoms with Crippen LogP contribution in [0.5, 0.6) is 0 Å². The van der Waals surface area contributed by atoms with Crippen molar-refractivity contribution < 1.29 is 13.1 Å². The Labute approximate surface area is 119 Å². The van der Waals surface area contributed by atoms with Crippen LogP contribution >= 0.6 is 0 Å². The molecule has 0 amide bonds. The molecule has 20 heavy (non-hydrogen) atoms. The van der Waals surface area contributed by atoms with Crippen LogP contribution in [0.3, 0.4) is 0 Å². The zero-order valence-corrected chi connectivity index (χ0v) is 10.5. The lowest BCUT2D eigenvalue weighted by Crippen LogP contribution is -2.30. The third-order valence-electron chi connectivity index (χ3n) is 3.94. The van der Waals surface area contributed by atoms with Crippen LogP contribution in [0.1, 0.15) is 9.68 Å². The average Bonchev–Trinajstić information content (AvgIpc) is 3.12. The molecule has 0 saturated heterocycles. The van der Waals surface area contributed by atoms with E-state index in [1.165, 1.54) is 10.1 Å². The molecule has 0 fully saturated rings. The van der Waals surface area contributed by atoms with E-state index in [2.05, 4.69) is 11.1 Å². The summed E-state index contributed by atoms with van der Waals surface area (Å²) in [6.45, 7) is -1.67. The van der Waals surface area contributed by atoms with Crippen LogP contribution in [0.25, 0.3) is 33.7 Å². The lowest BCUT2D eigenvalue weighted by molar-refractivity contribution is -0.648. The van der Waals surface area contributed by atoms with Gasteiger partial charge >= 0.3 is 5.89 Å². The summed E-state index contributed by atoms with van der Waals surface area (Å²) in [6.07, 6.45) is 1.60. The van der Waals surface area contributed by atoms with Gasteiger partial charge in [-0.05, 0) is 18.2 Å². The molecule has 0 unspecified atom stereocenters. The molecule has 0 radical (unpaired) electrons. The number of hydrogen-bond acceptors (Lipinski definition) is 2. The van der Waals surface area contributed by atoms with Gasteiger partial charge in [-0.2, -0.15) is 0 Å². The highest BCUT2D eigenvalue weighted by Gasteiger charge is 2.36. The van der Waals surface area contributed by atoms with Gasteiger partial charge in [-0.1, -0.05) is 18.2 Å². The Morgan fingerprint density at radius 3 is 3.20 bits per heavy atom. The van der Waals surface area contributed by atoms with Gasteiger partial charge in [-0.3, -0.25) is 4.57 Å². The lowest BCUT2D eigenvalue weighted by Gasteiger charge is -1.92. The summed E-state index contributed by atoms with van der Waals surface area (Å²) >= 11 is 0. The van der Waals surface area contributed by atoms with E-state index in [4.69, 9.17) is 8.53 Å². The second-order valence-electron chi connectivity index (χ2n) is 5.01. The Morgan fingerprint density at radius 2 is 2.25 bits per heavy atom. The predicted octanol–water partition coefficient (Wildman–Crippen LogP) is 2.64. The molecule has 4 heteroatoms. The smallest absolute Gasteiger partial charge is 0.380 e. The first-order valence-electron chi connectivity index (χ1n) is 7.96. The summed E-state index contributed by atoms with van der Waals surface area (Å²) in [7, 11) is 0. The first-order chi connectivity index (χ1) is 11.1. The number of oxazole rings is 1. The lowest BCUT2D eigenvalue weighted by atomic mass is 10.1. The molecule has 3 aromatic heterocycles. The van der Waals surface area contributed by atoms with Gasteiger partial charge in [0.25, 0.3) is 11.2 Å². The Hall–Kier alpha value is -2.62. The third-order valence-corrected chi connectivity index (χ3v) is 3.94. The minimum absolute atomic E-state index is 0.350. The Bertz CT molecular complexity index is 1090. The fourth-order valence-electron chi connectivity index (χ4n) is 3.07. The van der Waals surface area contributed by atoms with Crippen LogP contribution in [0, 0.1) is 0 Å². The van der Waals surface area contributed by atoms with Crippen LogP contribution in [-0.2, 0) is 13.5 Å². The van der Waals surface area contributed by atoms with E-state index in [0.29, 0.717) is 23.8 Å². The molecule has 1 aliphatic heterocycles. The maximum atomic E-state index is 7.84. The first-order valence-corrected chi connectivity index (χ1v) is 6.46. The van der Waals surface area contributed by atoms with E-state index in [1.54, 1.807) is 6.20 Å². The fraction of sp³-hybridized carbons (Fsp3) is 0.125. The molecule has 5 rings (SSSR count). The summed E-state index contributed by atoms with van der Waals surface area (Å²) < 4.78 is 32.8. The second kappa shape index (κ2) is 3.28. The normalized spacial score (nSPS) is 15.9. The zero-order valence-electron chi connectivity index (χ0n) is 13.5. The van der Waals surface area contributed by atoms with Gasteiger partial charge < -0.3 is 4.42 Å². The molecular weight excluding hydrogens is 250 g/mol. The van der Waals surface area contributed by atoms with E-state index in [1.807, 2.05) is 34.9 Å². The summed E-state index contributed by atoms with van der Waals surface area (Å²) in [4.78, 5) is 4.26. The third kappa shape index (κ3) is 1.04. The number of fused-ring (bicyclic) bond motifs is 7. The summed E-state index contributed by atoms with van der Waals surface area (Å²) in [5, 5.41) is 0.793. The minimum Gasteiger partial charge on any atom is -0.380 e.